The third-order valence-electron chi connectivity index (χ3n) is 2.90. The van der Waals surface area contributed by atoms with Crippen LogP contribution in [0.25, 0.3) is 0 Å². The van der Waals surface area contributed by atoms with Gasteiger partial charge in [0.2, 0.25) is 0 Å². The fourth-order valence-corrected chi connectivity index (χ4v) is 3.78. The summed E-state index contributed by atoms with van der Waals surface area (Å²) < 4.78 is 12.1. The second-order valence-electron chi connectivity index (χ2n) is 4.22. The number of benzene rings is 1. The molecule has 1 fully saturated rings. The highest BCUT2D eigenvalue weighted by atomic mass is 127. The summed E-state index contributed by atoms with van der Waals surface area (Å²) in [5.41, 5.74) is 0.621. The molecule has 18 heavy (non-hydrogen) atoms. The Balaban J connectivity index is 1.99. The van der Waals surface area contributed by atoms with Crippen LogP contribution in [0.5, 0.6) is 0 Å². The Morgan fingerprint density at radius 2 is 2.06 bits per heavy atom. The van der Waals surface area contributed by atoms with Gasteiger partial charge in [0.25, 0.3) is 5.91 Å². The number of nitrogens with one attached hydrogen (secondary N) is 1. The first-order valence-corrected chi connectivity index (χ1v) is 8.61. The molecule has 1 aromatic carbocycles. The number of hydrogen-bond acceptors (Lipinski definition) is 2. The lowest BCUT2D eigenvalue weighted by Gasteiger charge is -2.22. The van der Waals surface area contributed by atoms with Gasteiger partial charge in [0.1, 0.15) is 0 Å². The molecule has 3 nitrogen and oxygen atoms in total. The normalized spacial score (nSPS) is 23.7. The van der Waals surface area contributed by atoms with Crippen LogP contribution in [0.4, 0.5) is 0 Å². The van der Waals surface area contributed by atoms with E-state index < -0.39 is 10.8 Å². The SMILES string of the molecule is O=C(NC1CCS(=O)CC1)c1ccc(Cl)c(I)c1. The second-order valence-corrected chi connectivity index (χ2v) is 7.49. The van der Waals surface area contributed by atoms with Crippen molar-refractivity contribution >= 4 is 50.9 Å². The maximum Gasteiger partial charge on any atom is 0.251 e. The van der Waals surface area contributed by atoms with Crippen LogP contribution < -0.4 is 5.32 Å². The van der Waals surface area contributed by atoms with E-state index in [2.05, 4.69) is 27.9 Å². The molecule has 2 rings (SSSR count). The smallest absolute Gasteiger partial charge is 0.251 e. The van der Waals surface area contributed by atoms with E-state index in [0.717, 1.165) is 16.4 Å². The number of carbonyl (C=O) groups excluding carboxylic acids is 1. The molecule has 1 amide bonds. The van der Waals surface area contributed by atoms with Gasteiger partial charge in [0.05, 0.1) is 5.02 Å². The summed E-state index contributed by atoms with van der Waals surface area (Å²) in [7, 11) is -0.697. The lowest BCUT2D eigenvalue weighted by Crippen LogP contribution is -2.39. The Kier molecular flexibility index (Phi) is 5.03. The first-order valence-electron chi connectivity index (χ1n) is 5.67. The van der Waals surface area contributed by atoms with Crippen LogP contribution in [0.1, 0.15) is 23.2 Å². The number of amides is 1. The summed E-state index contributed by atoms with van der Waals surface area (Å²) in [6.45, 7) is 0. The van der Waals surface area contributed by atoms with E-state index in [4.69, 9.17) is 11.6 Å². The fourth-order valence-electron chi connectivity index (χ4n) is 1.84. The Hall–Kier alpha value is -0.140. The van der Waals surface area contributed by atoms with E-state index in [1.54, 1.807) is 18.2 Å². The van der Waals surface area contributed by atoms with E-state index in [9.17, 15) is 9.00 Å². The highest BCUT2D eigenvalue weighted by Crippen LogP contribution is 2.19. The van der Waals surface area contributed by atoms with E-state index >= 15 is 0 Å². The van der Waals surface area contributed by atoms with Crippen molar-refractivity contribution in [2.45, 2.75) is 18.9 Å². The van der Waals surface area contributed by atoms with Crippen molar-refractivity contribution in [1.29, 1.82) is 0 Å². The van der Waals surface area contributed by atoms with Crippen molar-refractivity contribution in [2.75, 3.05) is 11.5 Å². The molecule has 0 radical (unpaired) electrons. The highest BCUT2D eigenvalue weighted by Gasteiger charge is 2.20. The fraction of sp³-hybridized carbons (Fsp3) is 0.417. The topological polar surface area (TPSA) is 46.2 Å². The maximum absolute atomic E-state index is 12.0. The van der Waals surface area contributed by atoms with Crippen LogP contribution >= 0.6 is 34.2 Å². The second kappa shape index (κ2) is 6.34. The quantitative estimate of drug-likeness (QED) is 0.780. The van der Waals surface area contributed by atoms with Crippen molar-refractivity contribution in [2.24, 2.45) is 0 Å². The molecule has 1 aliphatic heterocycles. The van der Waals surface area contributed by atoms with Crippen LogP contribution in [-0.4, -0.2) is 27.7 Å². The van der Waals surface area contributed by atoms with Crippen LogP contribution in [0.3, 0.4) is 0 Å². The van der Waals surface area contributed by atoms with Crippen LogP contribution in [-0.2, 0) is 10.8 Å². The van der Waals surface area contributed by atoms with Crippen molar-refractivity contribution in [3.05, 3.63) is 32.4 Å². The van der Waals surface area contributed by atoms with Gasteiger partial charge in [-0.2, -0.15) is 0 Å². The molecule has 1 N–H and O–H groups in total. The molecule has 0 aliphatic carbocycles. The zero-order valence-corrected chi connectivity index (χ0v) is 13.3. The molecule has 1 aliphatic rings. The molecule has 0 atom stereocenters. The molecule has 0 spiro atoms. The van der Waals surface area contributed by atoms with Gasteiger partial charge in [-0.3, -0.25) is 9.00 Å². The van der Waals surface area contributed by atoms with Crippen molar-refractivity contribution in [1.82, 2.24) is 5.32 Å². The van der Waals surface area contributed by atoms with E-state index in [1.807, 2.05) is 0 Å². The summed E-state index contributed by atoms with van der Waals surface area (Å²) in [5.74, 6) is 1.29. The first kappa shape index (κ1) is 14.3. The van der Waals surface area contributed by atoms with E-state index in [0.29, 0.717) is 22.1 Å². The van der Waals surface area contributed by atoms with Gasteiger partial charge in [-0.05, 0) is 53.6 Å². The van der Waals surface area contributed by atoms with Gasteiger partial charge in [-0.15, -0.1) is 0 Å². The molecule has 0 saturated carbocycles. The zero-order valence-electron chi connectivity index (χ0n) is 9.62. The maximum atomic E-state index is 12.0. The van der Waals surface area contributed by atoms with Gasteiger partial charge in [0, 0.05) is 37.5 Å². The summed E-state index contributed by atoms with van der Waals surface area (Å²) in [4.78, 5) is 12.0. The summed E-state index contributed by atoms with van der Waals surface area (Å²) in [5, 5.41) is 3.64. The predicted molar refractivity (Wildman–Crippen MR) is 82.5 cm³/mol. The van der Waals surface area contributed by atoms with Crippen molar-refractivity contribution in [3.8, 4) is 0 Å². The third-order valence-corrected chi connectivity index (χ3v) is 5.83. The lowest BCUT2D eigenvalue weighted by atomic mass is 10.1. The van der Waals surface area contributed by atoms with Gasteiger partial charge in [-0.25, -0.2) is 0 Å². The predicted octanol–water partition coefficient (Wildman–Crippen LogP) is 2.59. The van der Waals surface area contributed by atoms with Gasteiger partial charge in [0.15, 0.2) is 0 Å². The van der Waals surface area contributed by atoms with Crippen LogP contribution in [0, 0.1) is 3.57 Å². The molecule has 1 heterocycles. The summed E-state index contributed by atoms with van der Waals surface area (Å²) in [6.07, 6.45) is 1.59. The Bertz CT molecular complexity index is 485. The monoisotopic (exact) mass is 397 g/mol. The molecule has 0 bridgehead atoms. The zero-order chi connectivity index (χ0) is 13.1. The Labute approximate surface area is 127 Å². The number of carbonyl (C=O) groups is 1. The average Bonchev–Trinajstić information content (AvgIpc) is 2.35. The molecule has 0 unspecified atom stereocenters. The first-order chi connectivity index (χ1) is 8.56. The summed E-state index contributed by atoms with van der Waals surface area (Å²) >= 11 is 8.02. The van der Waals surface area contributed by atoms with E-state index in [1.165, 1.54) is 0 Å². The average molecular weight is 398 g/mol. The molecule has 1 saturated heterocycles. The minimum Gasteiger partial charge on any atom is -0.349 e. The third kappa shape index (κ3) is 3.68. The van der Waals surface area contributed by atoms with Gasteiger partial charge >= 0.3 is 0 Å². The van der Waals surface area contributed by atoms with Crippen LogP contribution in [0.15, 0.2) is 18.2 Å². The Morgan fingerprint density at radius 1 is 1.39 bits per heavy atom. The molecule has 6 heteroatoms. The van der Waals surface area contributed by atoms with Gasteiger partial charge in [-0.1, -0.05) is 11.6 Å². The molecular weight excluding hydrogens is 385 g/mol. The number of rotatable bonds is 2. The molecule has 98 valence electrons. The van der Waals surface area contributed by atoms with Crippen molar-refractivity contribution < 1.29 is 9.00 Å². The number of halogens is 2. The minimum absolute atomic E-state index is 0.0812. The molecular formula is C12H13ClINO2S. The highest BCUT2D eigenvalue weighted by molar-refractivity contribution is 14.1. The largest absolute Gasteiger partial charge is 0.349 e. The van der Waals surface area contributed by atoms with Crippen LogP contribution in [0.2, 0.25) is 5.02 Å². The minimum atomic E-state index is -0.697. The lowest BCUT2D eigenvalue weighted by molar-refractivity contribution is 0.0934. The van der Waals surface area contributed by atoms with Gasteiger partial charge < -0.3 is 5.32 Å². The molecule has 0 aromatic heterocycles. The summed E-state index contributed by atoms with van der Waals surface area (Å²) in [6, 6.07) is 5.37. The molecule has 1 aromatic rings. The standard InChI is InChI=1S/C12H13ClINO2S/c13-10-2-1-8(7-11(10)14)12(16)15-9-3-5-18(17)6-4-9/h1-2,7,9H,3-6H2,(H,15,16). The van der Waals surface area contributed by atoms with E-state index in [-0.39, 0.29) is 11.9 Å². The number of hydrogen-bond donors (Lipinski definition) is 1. The van der Waals surface area contributed by atoms with Crippen molar-refractivity contribution in [3.63, 3.8) is 0 Å². The Morgan fingerprint density at radius 3 is 2.67 bits per heavy atom.